The molecule has 0 aromatic rings. The first-order valence-corrected chi connectivity index (χ1v) is 18.6. The Labute approximate surface area is 291 Å². The summed E-state index contributed by atoms with van der Waals surface area (Å²) < 4.78 is 30.5. The van der Waals surface area contributed by atoms with E-state index in [4.69, 9.17) is 23.4 Å². The Kier molecular flexibility index (Phi) is 13.8. The lowest BCUT2D eigenvalue weighted by molar-refractivity contribution is -0.291. The zero-order valence-electron chi connectivity index (χ0n) is 31.7. The summed E-state index contributed by atoms with van der Waals surface area (Å²) in [7, 11) is 3.36. The van der Waals surface area contributed by atoms with Gasteiger partial charge in [-0.3, -0.25) is 14.4 Å². The molecule has 10 nitrogen and oxygen atoms in total. The number of piperidine rings is 1. The number of fused-ring (bicyclic) bond motifs is 3. The third-order valence-electron chi connectivity index (χ3n) is 11.1. The molecule has 2 bridgehead atoms. The lowest BCUT2D eigenvalue weighted by atomic mass is 9.71. The zero-order valence-corrected chi connectivity index (χ0v) is 33.7. The number of hydrogen-bond donors (Lipinski definition) is 0. The van der Waals surface area contributed by atoms with Crippen molar-refractivity contribution in [2.75, 3.05) is 20.8 Å². The van der Waals surface area contributed by atoms with Crippen LogP contribution in [0.15, 0.2) is 11.6 Å². The van der Waals surface area contributed by atoms with Crippen molar-refractivity contribution >= 4 is 33.9 Å². The molecule has 9 unspecified atom stereocenters. The first kappa shape index (κ1) is 40.5. The fourth-order valence-corrected chi connectivity index (χ4v) is 9.06. The molecule has 3 heterocycles. The molecular weight excluding hydrogens is 630 g/mol. The maximum atomic E-state index is 14.5. The van der Waals surface area contributed by atoms with E-state index in [9.17, 15) is 19.2 Å². The van der Waals surface area contributed by atoms with E-state index >= 15 is 0 Å². The van der Waals surface area contributed by atoms with Crippen LogP contribution in [0.4, 0.5) is 0 Å². The van der Waals surface area contributed by atoms with Crippen LogP contribution in [0.5, 0.6) is 0 Å². The van der Waals surface area contributed by atoms with Gasteiger partial charge in [-0.15, -0.1) is 0 Å². The normalized spacial score (nSPS) is 36.9. The quantitative estimate of drug-likeness (QED) is 0.179. The summed E-state index contributed by atoms with van der Waals surface area (Å²) in [6.07, 6.45) is 4.69. The number of esters is 1. The topological polar surface area (TPSA) is 118 Å². The number of nitrogens with zero attached hydrogens (tertiary/aromatic N) is 1. The zero-order chi connectivity index (χ0) is 36.2. The largest absolute Gasteiger partial charge is 0.464 e. The van der Waals surface area contributed by atoms with Gasteiger partial charge in [-0.05, 0) is 82.5 Å². The molecule has 11 heteroatoms. The molecule has 3 rings (SSSR count). The second-order valence-electron chi connectivity index (χ2n) is 16.5. The molecule has 3 aliphatic rings. The second-order valence-corrected chi connectivity index (χ2v) is 16.9. The van der Waals surface area contributed by atoms with Gasteiger partial charge in [0.1, 0.15) is 28.4 Å². The molecule has 9 atom stereocenters. The number of hydrogen-bond acceptors (Lipinski definition) is 9. The molecule has 0 aliphatic carbocycles. The minimum atomic E-state index is -1.84. The van der Waals surface area contributed by atoms with E-state index in [1.165, 1.54) is 4.90 Å². The number of carbonyl (C=O) groups is 4. The van der Waals surface area contributed by atoms with Crippen molar-refractivity contribution in [3.05, 3.63) is 11.6 Å². The summed E-state index contributed by atoms with van der Waals surface area (Å²) in [5, 5.41) is 0. The maximum Gasteiger partial charge on any atom is 0.328 e. The molecule has 0 N–H and O–H groups in total. The van der Waals surface area contributed by atoms with E-state index in [-0.39, 0.29) is 46.0 Å². The van der Waals surface area contributed by atoms with Gasteiger partial charge in [0.2, 0.25) is 5.79 Å². The van der Waals surface area contributed by atoms with Crippen LogP contribution in [0.25, 0.3) is 0 Å². The third kappa shape index (κ3) is 9.05. The van der Waals surface area contributed by atoms with E-state index in [0.717, 1.165) is 12.0 Å². The van der Waals surface area contributed by atoms with Gasteiger partial charge in [0.15, 0.2) is 0 Å². The maximum absolute atomic E-state index is 14.5. The molecule has 48 heavy (non-hydrogen) atoms. The number of carbonyl (C=O) groups excluding carboxylic acids is 4. The van der Waals surface area contributed by atoms with Crippen LogP contribution in [0.1, 0.15) is 114 Å². The van der Waals surface area contributed by atoms with Crippen LogP contribution in [-0.4, -0.2) is 95.3 Å². The van der Waals surface area contributed by atoms with Gasteiger partial charge in [-0.2, -0.15) is 0 Å². The molecule has 1 amide bonds. The fraction of sp³-hybridized carbons (Fsp3) is 0.838. The molecule has 0 spiro atoms. The third-order valence-corrected chi connectivity index (χ3v) is 11.7. The number of ether oxygens (including phenoxy) is 4. The molecule has 0 saturated carbocycles. The summed E-state index contributed by atoms with van der Waals surface area (Å²) in [5.74, 6) is -4.31. The lowest BCUT2D eigenvalue weighted by Gasteiger charge is -2.50. The molecular formula is C37H63NO9Si. The summed E-state index contributed by atoms with van der Waals surface area (Å²) in [6, 6.07) is -0.936. The average molecular weight is 694 g/mol. The minimum absolute atomic E-state index is 0.0264. The Morgan fingerprint density at radius 1 is 0.979 bits per heavy atom. The Morgan fingerprint density at radius 3 is 2.19 bits per heavy atom. The van der Waals surface area contributed by atoms with Gasteiger partial charge in [0, 0.05) is 38.5 Å². The van der Waals surface area contributed by atoms with Crippen LogP contribution in [-0.2, 0) is 42.6 Å². The van der Waals surface area contributed by atoms with E-state index in [2.05, 4.69) is 27.7 Å². The number of allylic oxidation sites excluding steroid dienone is 2. The standard InChI is InChI=1S/C37H63NO9Si/c1-22-14-15-26(39)20-27(35(5,6)7)24(3)21-45-34(42)28-13-12-16-36(8,9)38(28)33(41)32(40)37(47-48)25(4)19-30(44-11)31(46-37)29(43-10)18-23(2)17-22/h14,23-25,27-31H,12-13,15-21H2,1-11,48H3. The Balaban J connectivity index is 2.10. The van der Waals surface area contributed by atoms with Crippen LogP contribution < -0.4 is 0 Å². The highest BCUT2D eigenvalue weighted by molar-refractivity contribution is 6.39. The number of rotatable bonds is 3. The fourth-order valence-electron chi connectivity index (χ4n) is 8.38. The molecule has 274 valence electrons. The number of Topliss-reactive ketones (excluding diaryl/α,β-unsaturated/α-hetero) is 2. The van der Waals surface area contributed by atoms with Crippen molar-refractivity contribution in [1.82, 2.24) is 4.90 Å². The first-order chi connectivity index (χ1) is 22.3. The molecule has 2 fully saturated rings. The van der Waals surface area contributed by atoms with Crippen molar-refractivity contribution in [3.63, 3.8) is 0 Å². The Bertz CT molecular complexity index is 1200. The second kappa shape index (κ2) is 16.4. The van der Waals surface area contributed by atoms with Crippen molar-refractivity contribution in [2.24, 2.45) is 29.1 Å². The number of amides is 1. The Hall–Kier alpha value is -1.92. The summed E-state index contributed by atoms with van der Waals surface area (Å²) >= 11 is 0. The number of methoxy groups -OCH3 is 2. The van der Waals surface area contributed by atoms with Gasteiger partial charge in [0.05, 0.1) is 18.8 Å². The molecule has 0 radical (unpaired) electrons. The van der Waals surface area contributed by atoms with Gasteiger partial charge in [-0.1, -0.05) is 53.2 Å². The van der Waals surface area contributed by atoms with Crippen molar-refractivity contribution in [1.29, 1.82) is 0 Å². The predicted molar refractivity (Wildman–Crippen MR) is 187 cm³/mol. The highest BCUT2D eigenvalue weighted by Gasteiger charge is 2.59. The van der Waals surface area contributed by atoms with Gasteiger partial charge in [0.25, 0.3) is 11.7 Å². The Morgan fingerprint density at radius 2 is 1.60 bits per heavy atom. The smallest absolute Gasteiger partial charge is 0.328 e. The highest BCUT2D eigenvalue weighted by Crippen LogP contribution is 2.42. The molecule has 2 saturated heterocycles. The monoisotopic (exact) mass is 693 g/mol. The molecule has 0 aromatic carbocycles. The van der Waals surface area contributed by atoms with Gasteiger partial charge < -0.3 is 28.3 Å². The van der Waals surface area contributed by atoms with E-state index in [0.29, 0.717) is 44.9 Å². The van der Waals surface area contributed by atoms with E-state index < -0.39 is 59.3 Å². The van der Waals surface area contributed by atoms with Crippen LogP contribution >= 0.6 is 0 Å². The van der Waals surface area contributed by atoms with Gasteiger partial charge >= 0.3 is 5.97 Å². The van der Waals surface area contributed by atoms with Crippen LogP contribution in [0, 0.1) is 29.1 Å². The van der Waals surface area contributed by atoms with Crippen LogP contribution in [0.3, 0.4) is 0 Å². The van der Waals surface area contributed by atoms with E-state index in [1.54, 1.807) is 14.2 Å². The minimum Gasteiger partial charge on any atom is -0.464 e. The van der Waals surface area contributed by atoms with Crippen molar-refractivity contribution < 1.29 is 42.6 Å². The molecule has 0 aromatic heterocycles. The van der Waals surface area contributed by atoms with Crippen molar-refractivity contribution in [3.8, 4) is 0 Å². The number of ketones is 2. The summed E-state index contributed by atoms with van der Waals surface area (Å²) in [5.41, 5.74) is 0.126. The highest BCUT2D eigenvalue weighted by atomic mass is 28.2. The molecule has 3 aliphatic heterocycles. The van der Waals surface area contributed by atoms with Crippen molar-refractivity contribution in [2.45, 2.75) is 149 Å². The van der Waals surface area contributed by atoms with Gasteiger partial charge in [-0.25, -0.2) is 4.79 Å². The van der Waals surface area contributed by atoms with Crippen LogP contribution in [0.2, 0.25) is 0 Å². The summed E-state index contributed by atoms with van der Waals surface area (Å²) in [4.78, 5) is 57.5. The number of cyclic esters (lactones) is 1. The van der Waals surface area contributed by atoms with E-state index in [1.807, 2.05) is 40.7 Å². The SMILES string of the molecule is COC1CC(C)CC(C)=CCC(=O)CC(C(C)(C)C)C(C)COC(=O)C2CCCC(C)(C)N2C(=O)C(=O)C2(O[SiH3])OC1C(OC)CC2C. The predicted octanol–water partition coefficient (Wildman–Crippen LogP) is 4.73. The lowest BCUT2D eigenvalue weighted by Crippen LogP contribution is -2.67. The average Bonchev–Trinajstić information content (AvgIpc) is 3.01. The first-order valence-electron chi connectivity index (χ1n) is 17.8. The summed E-state index contributed by atoms with van der Waals surface area (Å²) in [6.45, 7) is 18.2.